The second-order valence-corrected chi connectivity index (χ2v) is 6.31. The minimum atomic E-state index is -4.58. The molecular weight excluding hydrogens is 381 g/mol. The van der Waals surface area contributed by atoms with Gasteiger partial charge in [-0.25, -0.2) is 0 Å². The minimum absolute atomic E-state index is 0.0206. The molecule has 0 bridgehead atoms. The van der Waals surface area contributed by atoms with E-state index < -0.39 is 22.7 Å². The standard InChI is InChI=1S/C17H17F3N4O4/c1-10-2-3-11(8-14(10)24(26)27)16(25)21-5-6-23-13-4-7-28-9-12(13)15(22-23)17(18,19)20/h2-3,8H,4-7,9H2,1H3,(H,21,25). The second kappa shape index (κ2) is 7.58. The number of rotatable bonds is 5. The number of benzene rings is 1. The Hall–Kier alpha value is -2.95. The summed E-state index contributed by atoms with van der Waals surface area (Å²) in [5.41, 5.74) is -0.153. The molecule has 28 heavy (non-hydrogen) atoms. The lowest BCUT2D eigenvalue weighted by atomic mass is 10.1. The molecule has 0 unspecified atom stereocenters. The molecule has 0 atom stereocenters. The summed E-state index contributed by atoms with van der Waals surface area (Å²) in [6, 6.07) is 4.08. The Morgan fingerprint density at radius 1 is 1.43 bits per heavy atom. The number of nitro benzene ring substituents is 1. The van der Waals surface area contributed by atoms with Crippen LogP contribution in [-0.2, 0) is 30.5 Å². The van der Waals surface area contributed by atoms with Crippen LogP contribution in [0.4, 0.5) is 18.9 Å². The summed E-state index contributed by atoms with van der Waals surface area (Å²) in [5.74, 6) is -0.552. The number of hydrogen-bond donors (Lipinski definition) is 1. The summed E-state index contributed by atoms with van der Waals surface area (Å²) in [6.07, 6.45) is -4.28. The fourth-order valence-corrected chi connectivity index (χ4v) is 3.05. The van der Waals surface area contributed by atoms with Gasteiger partial charge in [-0.05, 0) is 13.0 Å². The summed E-state index contributed by atoms with van der Waals surface area (Å²) in [7, 11) is 0. The highest BCUT2D eigenvalue weighted by Crippen LogP contribution is 2.34. The van der Waals surface area contributed by atoms with E-state index in [0.717, 1.165) is 0 Å². The van der Waals surface area contributed by atoms with E-state index in [4.69, 9.17) is 4.74 Å². The topological polar surface area (TPSA) is 99.3 Å². The van der Waals surface area contributed by atoms with Crippen molar-refractivity contribution in [3.8, 4) is 0 Å². The van der Waals surface area contributed by atoms with E-state index in [1.807, 2.05) is 0 Å². The fourth-order valence-electron chi connectivity index (χ4n) is 3.05. The van der Waals surface area contributed by atoms with Crippen LogP contribution < -0.4 is 5.32 Å². The first-order valence-electron chi connectivity index (χ1n) is 8.45. The molecule has 2 aromatic rings. The van der Waals surface area contributed by atoms with Crippen molar-refractivity contribution in [3.05, 3.63) is 56.4 Å². The van der Waals surface area contributed by atoms with Crippen LogP contribution in [0.2, 0.25) is 0 Å². The maximum atomic E-state index is 13.1. The Kier molecular flexibility index (Phi) is 5.36. The summed E-state index contributed by atoms with van der Waals surface area (Å²) in [6.45, 7) is 1.77. The average molecular weight is 398 g/mol. The molecular formula is C17H17F3N4O4. The van der Waals surface area contributed by atoms with Gasteiger partial charge in [0.15, 0.2) is 5.69 Å². The van der Waals surface area contributed by atoms with Crippen molar-refractivity contribution < 1.29 is 27.6 Å². The van der Waals surface area contributed by atoms with Gasteiger partial charge in [0.2, 0.25) is 0 Å². The number of hydrogen-bond acceptors (Lipinski definition) is 5. The molecule has 0 fully saturated rings. The number of nitro groups is 1. The maximum Gasteiger partial charge on any atom is 0.435 e. The smallest absolute Gasteiger partial charge is 0.376 e. The predicted molar refractivity (Wildman–Crippen MR) is 90.8 cm³/mol. The number of aromatic nitrogens is 2. The largest absolute Gasteiger partial charge is 0.435 e. The van der Waals surface area contributed by atoms with E-state index in [2.05, 4.69) is 10.4 Å². The highest BCUT2D eigenvalue weighted by Gasteiger charge is 2.39. The van der Waals surface area contributed by atoms with Crippen LogP contribution in [-0.4, -0.2) is 33.8 Å². The summed E-state index contributed by atoms with van der Waals surface area (Å²) < 4.78 is 45.8. The van der Waals surface area contributed by atoms with Gasteiger partial charge in [0.25, 0.3) is 11.6 Å². The zero-order valence-corrected chi connectivity index (χ0v) is 14.9. The van der Waals surface area contributed by atoms with Gasteiger partial charge in [-0.2, -0.15) is 18.3 Å². The van der Waals surface area contributed by atoms with Crippen molar-refractivity contribution >= 4 is 11.6 Å². The van der Waals surface area contributed by atoms with E-state index >= 15 is 0 Å². The third kappa shape index (κ3) is 3.98. The van der Waals surface area contributed by atoms with E-state index in [1.165, 1.54) is 22.9 Å². The van der Waals surface area contributed by atoms with Gasteiger partial charge in [0, 0.05) is 41.4 Å². The quantitative estimate of drug-likeness (QED) is 0.617. The Morgan fingerprint density at radius 2 is 2.18 bits per heavy atom. The molecule has 8 nitrogen and oxygen atoms in total. The molecule has 2 heterocycles. The number of halogens is 3. The summed E-state index contributed by atoms with van der Waals surface area (Å²) in [4.78, 5) is 22.6. The van der Waals surface area contributed by atoms with Gasteiger partial charge < -0.3 is 10.1 Å². The number of amides is 1. The lowest BCUT2D eigenvalue weighted by Crippen LogP contribution is -2.28. The molecule has 0 aliphatic carbocycles. The molecule has 0 saturated heterocycles. The van der Waals surface area contributed by atoms with Crippen LogP contribution >= 0.6 is 0 Å². The second-order valence-electron chi connectivity index (χ2n) is 6.31. The lowest BCUT2D eigenvalue weighted by molar-refractivity contribution is -0.385. The highest BCUT2D eigenvalue weighted by molar-refractivity contribution is 5.94. The van der Waals surface area contributed by atoms with E-state index in [-0.39, 0.29) is 36.5 Å². The molecule has 1 aliphatic rings. The van der Waals surface area contributed by atoms with Gasteiger partial charge in [-0.3, -0.25) is 19.6 Å². The van der Waals surface area contributed by atoms with Crippen molar-refractivity contribution in [2.24, 2.45) is 0 Å². The zero-order chi connectivity index (χ0) is 20.5. The van der Waals surface area contributed by atoms with Gasteiger partial charge >= 0.3 is 6.18 Å². The molecule has 1 aliphatic heterocycles. The van der Waals surface area contributed by atoms with Crippen LogP contribution in [0.5, 0.6) is 0 Å². The van der Waals surface area contributed by atoms with Gasteiger partial charge in [-0.1, -0.05) is 6.07 Å². The Bertz CT molecular complexity index is 924. The van der Waals surface area contributed by atoms with Crippen LogP contribution in [0.15, 0.2) is 18.2 Å². The van der Waals surface area contributed by atoms with Crippen molar-refractivity contribution in [3.63, 3.8) is 0 Å². The minimum Gasteiger partial charge on any atom is -0.376 e. The molecule has 1 aromatic heterocycles. The summed E-state index contributed by atoms with van der Waals surface area (Å²) in [5, 5.41) is 17.2. The van der Waals surface area contributed by atoms with Crippen LogP contribution in [0, 0.1) is 17.0 Å². The van der Waals surface area contributed by atoms with Crippen LogP contribution in [0.25, 0.3) is 0 Å². The molecule has 1 N–H and O–H groups in total. The molecule has 1 aromatic carbocycles. The molecule has 1 amide bonds. The number of nitrogens with one attached hydrogen (secondary N) is 1. The number of nitrogens with zero attached hydrogens (tertiary/aromatic N) is 3. The molecule has 0 radical (unpaired) electrons. The van der Waals surface area contributed by atoms with Crippen molar-refractivity contribution in [1.29, 1.82) is 0 Å². The average Bonchev–Trinajstić information content (AvgIpc) is 3.01. The maximum absolute atomic E-state index is 13.1. The highest BCUT2D eigenvalue weighted by atomic mass is 19.4. The zero-order valence-electron chi connectivity index (χ0n) is 14.9. The number of carbonyl (C=O) groups is 1. The first-order valence-corrected chi connectivity index (χ1v) is 8.45. The third-order valence-corrected chi connectivity index (χ3v) is 4.44. The molecule has 150 valence electrons. The Morgan fingerprint density at radius 3 is 2.86 bits per heavy atom. The van der Waals surface area contributed by atoms with E-state index in [1.54, 1.807) is 6.92 Å². The van der Waals surface area contributed by atoms with Crippen LogP contribution in [0.1, 0.15) is 32.9 Å². The summed E-state index contributed by atoms with van der Waals surface area (Å²) >= 11 is 0. The van der Waals surface area contributed by atoms with Crippen molar-refractivity contribution in [2.45, 2.75) is 32.7 Å². The van der Waals surface area contributed by atoms with Gasteiger partial charge in [-0.15, -0.1) is 0 Å². The number of fused-ring (bicyclic) bond motifs is 1. The Balaban J connectivity index is 1.70. The predicted octanol–water partition coefficient (Wildman–Crippen LogP) is 2.62. The first-order chi connectivity index (χ1) is 13.2. The van der Waals surface area contributed by atoms with Crippen LogP contribution in [0.3, 0.4) is 0 Å². The fraction of sp³-hybridized carbons (Fsp3) is 0.412. The first kappa shape index (κ1) is 19.8. The molecule has 0 spiro atoms. The number of alkyl halides is 3. The normalized spacial score (nSPS) is 13.9. The number of carbonyl (C=O) groups excluding carboxylic acids is 1. The SMILES string of the molecule is Cc1ccc(C(=O)NCCn2nc(C(F)(F)F)c3c2CCOC3)cc1[N+](=O)[O-]. The third-order valence-electron chi connectivity index (χ3n) is 4.44. The van der Waals surface area contributed by atoms with Crippen molar-refractivity contribution in [1.82, 2.24) is 15.1 Å². The van der Waals surface area contributed by atoms with E-state index in [0.29, 0.717) is 24.3 Å². The van der Waals surface area contributed by atoms with Gasteiger partial charge in [0.05, 0.1) is 24.7 Å². The number of aryl methyl sites for hydroxylation is 1. The lowest BCUT2D eigenvalue weighted by Gasteiger charge is -2.15. The number of ether oxygens (including phenoxy) is 1. The monoisotopic (exact) mass is 398 g/mol. The molecule has 11 heteroatoms. The molecule has 0 saturated carbocycles. The molecule has 3 rings (SSSR count). The Labute approximate surface area is 157 Å². The van der Waals surface area contributed by atoms with Crippen molar-refractivity contribution in [2.75, 3.05) is 13.2 Å². The van der Waals surface area contributed by atoms with Gasteiger partial charge in [0.1, 0.15) is 0 Å². The van der Waals surface area contributed by atoms with E-state index in [9.17, 15) is 28.1 Å².